The summed E-state index contributed by atoms with van der Waals surface area (Å²) in [6.45, 7) is 3.96. The molecule has 0 aliphatic rings. The Bertz CT molecular complexity index is 615. The number of rotatable bonds is 5. The van der Waals surface area contributed by atoms with Gasteiger partial charge in [0.15, 0.2) is 0 Å². The maximum Gasteiger partial charge on any atom is 0.140 e. The molecule has 0 aliphatic heterocycles. The molecule has 0 aromatic heterocycles. The summed E-state index contributed by atoms with van der Waals surface area (Å²) >= 11 is 5.85. The fourth-order valence-electron chi connectivity index (χ4n) is 1.91. The van der Waals surface area contributed by atoms with Gasteiger partial charge in [-0.2, -0.15) is 5.26 Å². The van der Waals surface area contributed by atoms with Crippen LogP contribution in [0, 0.1) is 11.3 Å². The number of anilines is 1. The lowest BCUT2D eigenvalue weighted by Gasteiger charge is -2.15. The summed E-state index contributed by atoms with van der Waals surface area (Å²) in [4.78, 5) is 0. The summed E-state index contributed by atoms with van der Waals surface area (Å²) in [6, 6.07) is 16.7. The lowest BCUT2D eigenvalue weighted by Crippen LogP contribution is -2.09. The molecule has 3 nitrogen and oxygen atoms in total. The average Bonchev–Trinajstić information content (AvgIpc) is 2.47. The van der Waals surface area contributed by atoms with E-state index in [1.54, 1.807) is 12.1 Å². The summed E-state index contributed by atoms with van der Waals surface area (Å²) in [5.41, 5.74) is 1.75. The third-order valence-corrected chi connectivity index (χ3v) is 3.12. The number of hydrogen-bond donors (Lipinski definition) is 1. The highest BCUT2D eigenvalue weighted by Crippen LogP contribution is 2.23. The molecule has 1 atom stereocenters. The van der Waals surface area contributed by atoms with E-state index in [1.165, 1.54) is 0 Å². The van der Waals surface area contributed by atoms with Crippen LogP contribution in [0.25, 0.3) is 0 Å². The number of benzene rings is 2. The van der Waals surface area contributed by atoms with E-state index in [0.29, 0.717) is 5.02 Å². The molecule has 0 saturated heterocycles. The van der Waals surface area contributed by atoms with Crippen molar-refractivity contribution in [2.45, 2.75) is 26.0 Å². The van der Waals surface area contributed by atoms with E-state index in [1.807, 2.05) is 50.2 Å². The van der Waals surface area contributed by atoms with Crippen LogP contribution in [0.3, 0.4) is 0 Å². The second-order valence-electron chi connectivity index (χ2n) is 4.95. The molecule has 0 saturated carbocycles. The molecule has 0 aliphatic carbocycles. The van der Waals surface area contributed by atoms with Crippen LogP contribution < -0.4 is 10.1 Å². The Hall–Kier alpha value is -2.18. The van der Waals surface area contributed by atoms with Crippen LogP contribution in [-0.4, -0.2) is 6.10 Å². The lowest BCUT2D eigenvalue weighted by atomic mass is 10.1. The second-order valence-corrected chi connectivity index (χ2v) is 5.39. The average molecular weight is 301 g/mol. The molecular weight excluding hydrogens is 284 g/mol. The van der Waals surface area contributed by atoms with Gasteiger partial charge in [-0.15, -0.1) is 0 Å². The van der Waals surface area contributed by atoms with Crippen molar-refractivity contribution in [3.8, 4) is 11.8 Å². The Balaban J connectivity index is 2.10. The zero-order valence-corrected chi connectivity index (χ0v) is 12.8. The van der Waals surface area contributed by atoms with Crippen LogP contribution in [0.2, 0.25) is 5.02 Å². The van der Waals surface area contributed by atoms with Crippen LogP contribution >= 0.6 is 11.6 Å². The molecule has 2 aromatic carbocycles. The van der Waals surface area contributed by atoms with Gasteiger partial charge in [-0.25, -0.2) is 0 Å². The monoisotopic (exact) mass is 300 g/mol. The van der Waals surface area contributed by atoms with Crippen molar-refractivity contribution >= 4 is 17.3 Å². The van der Waals surface area contributed by atoms with Crippen molar-refractivity contribution in [2.75, 3.05) is 5.32 Å². The van der Waals surface area contributed by atoms with Crippen molar-refractivity contribution in [3.63, 3.8) is 0 Å². The maximum absolute atomic E-state index is 9.34. The van der Waals surface area contributed by atoms with Gasteiger partial charge in [0.2, 0.25) is 0 Å². The fraction of sp³-hybridized carbons (Fsp3) is 0.235. The molecule has 0 radical (unpaired) electrons. The molecule has 21 heavy (non-hydrogen) atoms. The molecule has 0 bridgehead atoms. The molecule has 0 fully saturated rings. The third-order valence-electron chi connectivity index (χ3n) is 2.87. The van der Waals surface area contributed by atoms with Gasteiger partial charge in [-0.3, -0.25) is 0 Å². The van der Waals surface area contributed by atoms with Gasteiger partial charge in [0.25, 0.3) is 0 Å². The first kappa shape index (κ1) is 15.2. The van der Waals surface area contributed by atoms with Crippen molar-refractivity contribution < 1.29 is 4.74 Å². The molecule has 2 aromatic rings. The smallest absolute Gasteiger partial charge is 0.140 e. The Morgan fingerprint density at radius 3 is 2.19 bits per heavy atom. The molecular formula is C17H17ClN2O. The van der Waals surface area contributed by atoms with Gasteiger partial charge in [0, 0.05) is 10.7 Å². The van der Waals surface area contributed by atoms with Crippen LogP contribution in [-0.2, 0) is 0 Å². The number of nitriles is 1. The number of hydrogen-bond acceptors (Lipinski definition) is 3. The lowest BCUT2D eigenvalue weighted by molar-refractivity contribution is 0.242. The fourth-order valence-corrected chi connectivity index (χ4v) is 2.04. The Labute approximate surface area is 130 Å². The zero-order chi connectivity index (χ0) is 15.2. The van der Waals surface area contributed by atoms with Gasteiger partial charge in [-0.05, 0) is 55.8 Å². The summed E-state index contributed by atoms with van der Waals surface area (Å²) in [5.74, 6) is 0.803. The van der Waals surface area contributed by atoms with Gasteiger partial charge < -0.3 is 10.1 Å². The topological polar surface area (TPSA) is 45.0 Å². The summed E-state index contributed by atoms with van der Waals surface area (Å²) < 4.78 is 5.60. The van der Waals surface area contributed by atoms with E-state index in [2.05, 4.69) is 11.4 Å². The second kappa shape index (κ2) is 7.01. The van der Waals surface area contributed by atoms with E-state index in [0.717, 1.165) is 17.0 Å². The normalized spacial score (nSPS) is 11.8. The van der Waals surface area contributed by atoms with E-state index in [4.69, 9.17) is 16.3 Å². The van der Waals surface area contributed by atoms with E-state index >= 15 is 0 Å². The number of halogens is 1. The number of ether oxygens (including phenoxy) is 1. The standard InChI is InChI=1S/C17H17ClN2O/c1-12(2)21-16-9-3-13(4-10-16)17(11-19)20-15-7-5-14(18)6-8-15/h3-10,12,17,20H,1-2H3. The quantitative estimate of drug-likeness (QED) is 0.862. The van der Waals surface area contributed by atoms with Crippen molar-refractivity contribution in [2.24, 2.45) is 0 Å². The van der Waals surface area contributed by atoms with Crippen molar-refractivity contribution in [1.82, 2.24) is 0 Å². The molecule has 1 N–H and O–H groups in total. The van der Waals surface area contributed by atoms with Crippen LogP contribution in [0.5, 0.6) is 5.75 Å². The summed E-state index contributed by atoms with van der Waals surface area (Å²) in [7, 11) is 0. The number of nitrogens with one attached hydrogen (secondary N) is 1. The first-order chi connectivity index (χ1) is 10.1. The maximum atomic E-state index is 9.34. The number of nitrogens with zero attached hydrogens (tertiary/aromatic N) is 1. The molecule has 4 heteroatoms. The first-order valence-corrected chi connectivity index (χ1v) is 7.14. The predicted molar refractivity (Wildman–Crippen MR) is 85.6 cm³/mol. The van der Waals surface area contributed by atoms with Crippen LogP contribution in [0.15, 0.2) is 48.5 Å². The Morgan fingerprint density at radius 1 is 1.05 bits per heavy atom. The van der Waals surface area contributed by atoms with Crippen LogP contribution in [0.4, 0.5) is 5.69 Å². The minimum absolute atomic E-state index is 0.134. The van der Waals surface area contributed by atoms with Gasteiger partial charge in [-0.1, -0.05) is 23.7 Å². The largest absolute Gasteiger partial charge is 0.491 e. The predicted octanol–water partition coefficient (Wildman–Crippen LogP) is 4.80. The molecule has 2 rings (SSSR count). The van der Waals surface area contributed by atoms with Crippen molar-refractivity contribution in [3.05, 3.63) is 59.1 Å². The van der Waals surface area contributed by atoms with Gasteiger partial charge in [0.1, 0.15) is 11.8 Å². The molecule has 0 spiro atoms. The minimum atomic E-state index is -0.417. The summed E-state index contributed by atoms with van der Waals surface area (Å²) in [6.07, 6.45) is 0.134. The van der Waals surface area contributed by atoms with E-state index in [-0.39, 0.29) is 6.10 Å². The highest BCUT2D eigenvalue weighted by Gasteiger charge is 2.10. The van der Waals surface area contributed by atoms with Gasteiger partial charge >= 0.3 is 0 Å². The Morgan fingerprint density at radius 2 is 1.67 bits per heavy atom. The summed E-state index contributed by atoms with van der Waals surface area (Å²) in [5, 5.41) is 13.2. The van der Waals surface area contributed by atoms with E-state index < -0.39 is 6.04 Å². The third kappa shape index (κ3) is 4.40. The van der Waals surface area contributed by atoms with Crippen molar-refractivity contribution in [1.29, 1.82) is 5.26 Å². The molecule has 108 valence electrons. The van der Waals surface area contributed by atoms with E-state index in [9.17, 15) is 5.26 Å². The molecule has 0 heterocycles. The van der Waals surface area contributed by atoms with Crippen LogP contribution in [0.1, 0.15) is 25.5 Å². The highest BCUT2D eigenvalue weighted by atomic mass is 35.5. The zero-order valence-electron chi connectivity index (χ0n) is 12.0. The SMILES string of the molecule is CC(C)Oc1ccc(C(C#N)Nc2ccc(Cl)cc2)cc1. The molecule has 0 amide bonds. The molecule has 1 unspecified atom stereocenters. The van der Waals surface area contributed by atoms with Gasteiger partial charge in [0.05, 0.1) is 12.2 Å². The first-order valence-electron chi connectivity index (χ1n) is 6.77. The Kier molecular flexibility index (Phi) is 5.08. The minimum Gasteiger partial charge on any atom is -0.491 e. The highest BCUT2D eigenvalue weighted by molar-refractivity contribution is 6.30.